The molecule has 1 amide bonds. The van der Waals surface area contributed by atoms with E-state index in [1.54, 1.807) is 14.2 Å². The maximum Gasteiger partial charge on any atom is 0.228 e. The van der Waals surface area contributed by atoms with Crippen LogP contribution in [0.25, 0.3) is 0 Å². The summed E-state index contributed by atoms with van der Waals surface area (Å²) in [5, 5.41) is 2.99. The van der Waals surface area contributed by atoms with Crippen molar-refractivity contribution in [3.8, 4) is 11.5 Å². The monoisotopic (exact) mass is 311 g/mol. The first-order chi connectivity index (χ1) is 11.2. The van der Waals surface area contributed by atoms with Crippen LogP contribution in [0.15, 0.2) is 48.5 Å². The zero-order valence-electron chi connectivity index (χ0n) is 13.4. The first-order valence-electron chi connectivity index (χ1n) is 7.79. The average Bonchev–Trinajstić information content (AvgIpc) is 2.61. The fraction of sp³-hybridized carbons (Fsp3) is 0.316. The van der Waals surface area contributed by atoms with Crippen molar-refractivity contribution >= 4 is 5.91 Å². The molecule has 0 radical (unpaired) electrons. The van der Waals surface area contributed by atoms with Gasteiger partial charge in [-0.2, -0.15) is 0 Å². The normalized spacial score (nSPS) is 20.7. The molecule has 1 N–H and O–H groups in total. The number of ether oxygens (including phenoxy) is 2. The van der Waals surface area contributed by atoms with Gasteiger partial charge in [-0.3, -0.25) is 4.79 Å². The van der Waals surface area contributed by atoms with Crippen LogP contribution in [0.2, 0.25) is 0 Å². The second-order valence-electron chi connectivity index (χ2n) is 5.69. The minimum absolute atomic E-state index is 0.0670. The summed E-state index contributed by atoms with van der Waals surface area (Å²) in [4.78, 5) is 12.5. The summed E-state index contributed by atoms with van der Waals surface area (Å²) in [5.74, 6) is 1.34. The van der Waals surface area contributed by atoms with Crippen LogP contribution in [0.4, 0.5) is 0 Å². The second-order valence-corrected chi connectivity index (χ2v) is 5.69. The number of carbonyl (C=O) groups excluding carboxylic acids is 1. The van der Waals surface area contributed by atoms with Crippen LogP contribution < -0.4 is 14.8 Å². The highest BCUT2D eigenvalue weighted by atomic mass is 16.5. The molecule has 2 atom stereocenters. The lowest BCUT2D eigenvalue weighted by molar-refractivity contribution is -0.124. The molecule has 1 saturated heterocycles. The molecule has 2 aromatic carbocycles. The fourth-order valence-electron chi connectivity index (χ4n) is 3.30. The van der Waals surface area contributed by atoms with Crippen molar-refractivity contribution < 1.29 is 14.3 Å². The SMILES string of the molecule is COc1ccc([C@@H]2C(=O)NCC[C@@H]2c2ccccc2)cc1OC. The summed E-state index contributed by atoms with van der Waals surface area (Å²) in [6.07, 6.45) is 0.925. The minimum atomic E-state index is -0.217. The Morgan fingerprint density at radius 2 is 1.70 bits per heavy atom. The van der Waals surface area contributed by atoms with E-state index >= 15 is 0 Å². The third kappa shape index (κ3) is 3.02. The van der Waals surface area contributed by atoms with E-state index in [9.17, 15) is 4.79 Å². The van der Waals surface area contributed by atoms with Crippen molar-refractivity contribution in [1.82, 2.24) is 5.32 Å². The molecular weight excluding hydrogens is 290 g/mol. The predicted molar refractivity (Wildman–Crippen MR) is 89.1 cm³/mol. The number of rotatable bonds is 4. The highest BCUT2D eigenvalue weighted by Crippen LogP contribution is 2.40. The molecule has 1 aliphatic heterocycles. The number of methoxy groups -OCH3 is 2. The fourth-order valence-corrected chi connectivity index (χ4v) is 3.30. The largest absolute Gasteiger partial charge is 0.493 e. The molecule has 23 heavy (non-hydrogen) atoms. The lowest BCUT2D eigenvalue weighted by Crippen LogP contribution is -2.39. The van der Waals surface area contributed by atoms with Crippen molar-refractivity contribution in [2.45, 2.75) is 18.3 Å². The van der Waals surface area contributed by atoms with Crippen LogP contribution in [-0.4, -0.2) is 26.7 Å². The van der Waals surface area contributed by atoms with Gasteiger partial charge in [-0.25, -0.2) is 0 Å². The Labute approximate surface area is 136 Å². The average molecular weight is 311 g/mol. The van der Waals surface area contributed by atoms with E-state index in [1.807, 2.05) is 36.4 Å². The van der Waals surface area contributed by atoms with Gasteiger partial charge in [0.25, 0.3) is 0 Å². The molecule has 1 fully saturated rings. The van der Waals surface area contributed by atoms with Gasteiger partial charge in [0.2, 0.25) is 5.91 Å². The lowest BCUT2D eigenvalue weighted by atomic mass is 9.77. The van der Waals surface area contributed by atoms with E-state index in [4.69, 9.17) is 9.47 Å². The van der Waals surface area contributed by atoms with Crippen LogP contribution in [0.3, 0.4) is 0 Å². The summed E-state index contributed by atoms with van der Waals surface area (Å²) < 4.78 is 10.7. The Balaban J connectivity index is 2.01. The van der Waals surface area contributed by atoms with Gasteiger partial charge in [0.1, 0.15) is 0 Å². The Bertz CT molecular complexity index is 684. The van der Waals surface area contributed by atoms with Crippen molar-refractivity contribution in [2.24, 2.45) is 0 Å². The quantitative estimate of drug-likeness (QED) is 0.944. The van der Waals surface area contributed by atoms with Gasteiger partial charge >= 0.3 is 0 Å². The van der Waals surface area contributed by atoms with Gasteiger partial charge in [0, 0.05) is 12.5 Å². The van der Waals surface area contributed by atoms with E-state index < -0.39 is 0 Å². The number of piperidine rings is 1. The molecule has 4 heteroatoms. The first-order valence-corrected chi connectivity index (χ1v) is 7.79. The van der Waals surface area contributed by atoms with E-state index in [2.05, 4.69) is 17.4 Å². The maximum atomic E-state index is 12.5. The summed E-state index contributed by atoms with van der Waals surface area (Å²) >= 11 is 0. The molecule has 4 nitrogen and oxygen atoms in total. The standard InChI is InChI=1S/C19H21NO3/c1-22-16-9-8-14(12-17(16)23-2)18-15(10-11-20-19(18)21)13-6-4-3-5-7-13/h3-9,12,15,18H,10-11H2,1-2H3,(H,20,21)/t15-,18+/m1/s1. The minimum Gasteiger partial charge on any atom is -0.493 e. The van der Waals surface area contributed by atoms with Crippen molar-refractivity contribution in [3.63, 3.8) is 0 Å². The predicted octanol–water partition coefficient (Wildman–Crippen LogP) is 3.09. The number of benzene rings is 2. The molecule has 0 aliphatic carbocycles. The topological polar surface area (TPSA) is 47.6 Å². The highest BCUT2D eigenvalue weighted by molar-refractivity contribution is 5.86. The van der Waals surface area contributed by atoms with Crippen molar-refractivity contribution in [1.29, 1.82) is 0 Å². The third-order valence-corrected chi connectivity index (χ3v) is 4.43. The molecule has 0 saturated carbocycles. The van der Waals surface area contributed by atoms with Crippen LogP contribution in [0.5, 0.6) is 11.5 Å². The van der Waals surface area contributed by atoms with E-state index in [1.165, 1.54) is 5.56 Å². The van der Waals surface area contributed by atoms with Crippen LogP contribution >= 0.6 is 0 Å². The first kappa shape index (κ1) is 15.4. The molecule has 1 aliphatic rings. The molecule has 0 unspecified atom stereocenters. The highest BCUT2D eigenvalue weighted by Gasteiger charge is 2.34. The van der Waals surface area contributed by atoms with E-state index in [-0.39, 0.29) is 17.7 Å². The number of hydrogen-bond donors (Lipinski definition) is 1. The Morgan fingerprint density at radius 3 is 2.39 bits per heavy atom. The van der Waals surface area contributed by atoms with E-state index in [0.29, 0.717) is 18.0 Å². The van der Waals surface area contributed by atoms with Gasteiger partial charge in [-0.15, -0.1) is 0 Å². The van der Waals surface area contributed by atoms with Crippen molar-refractivity contribution in [2.75, 3.05) is 20.8 Å². The van der Waals surface area contributed by atoms with Gasteiger partial charge in [0.15, 0.2) is 11.5 Å². The van der Waals surface area contributed by atoms with E-state index in [0.717, 1.165) is 12.0 Å². The lowest BCUT2D eigenvalue weighted by Gasteiger charge is -2.32. The smallest absolute Gasteiger partial charge is 0.228 e. The second kappa shape index (κ2) is 6.73. The number of nitrogens with one attached hydrogen (secondary N) is 1. The molecule has 120 valence electrons. The summed E-state index contributed by atoms with van der Waals surface area (Å²) in [6, 6.07) is 15.9. The van der Waals surface area contributed by atoms with Gasteiger partial charge in [-0.1, -0.05) is 36.4 Å². The van der Waals surface area contributed by atoms with Crippen molar-refractivity contribution in [3.05, 3.63) is 59.7 Å². The van der Waals surface area contributed by atoms with Crippen LogP contribution in [0.1, 0.15) is 29.4 Å². The Hall–Kier alpha value is -2.49. The number of hydrogen-bond acceptors (Lipinski definition) is 3. The summed E-state index contributed by atoms with van der Waals surface area (Å²) in [6.45, 7) is 0.710. The zero-order valence-corrected chi connectivity index (χ0v) is 13.4. The molecule has 3 rings (SSSR count). The maximum absolute atomic E-state index is 12.5. The molecular formula is C19H21NO3. The molecule has 0 bridgehead atoms. The molecule has 0 aromatic heterocycles. The van der Waals surface area contributed by atoms with Crippen LogP contribution in [-0.2, 0) is 4.79 Å². The third-order valence-electron chi connectivity index (χ3n) is 4.43. The zero-order chi connectivity index (χ0) is 16.2. The molecule has 1 heterocycles. The summed E-state index contributed by atoms with van der Waals surface area (Å²) in [5.41, 5.74) is 2.15. The van der Waals surface area contributed by atoms with Crippen LogP contribution in [0, 0.1) is 0 Å². The molecule has 0 spiro atoms. The summed E-state index contributed by atoms with van der Waals surface area (Å²) in [7, 11) is 3.22. The van der Waals surface area contributed by atoms with Gasteiger partial charge < -0.3 is 14.8 Å². The van der Waals surface area contributed by atoms with Gasteiger partial charge in [0.05, 0.1) is 20.1 Å². The molecule has 2 aromatic rings. The Kier molecular flexibility index (Phi) is 4.51. The number of carbonyl (C=O) groups is 1. The Morgan fingerprint density at radius 1 is 0.957 bits per heavy atom. The number of amides is 1. The van der Waals surface area contributed by atoms with Gasteiger partial charge in [-0.05, 0) is 29.7 Å².